The molecule has 0 unspecified atom stereocenters. The molecule has 0 aliphatic carbocycles. The van der Waals surface area contributed by atoms with Gasteiger partial charge in [-0.15, -0.1) is 0 Å². The van der Waals surface area contributed by atoms with Gasteiger partial charge < -0.3 is 9.64 Å². The first-order valence-electron chi connectivity index (χ1n) is 5.25. The van der Waals surface area contributed by atoms with Crippen LogP contribution in [0.5, 0.6) is 5.75 Å². The second-order valence-electron chi connectivity index (χ2n) is 4.14. The monoisotopic (exact) mass is 283 g/mol. The number of ether oxygens (including phenoxy) is 1. The topological polar surface area (TPSA) is 29.5 Å². The minimum Gasteiger partial charge on any atom is -0.496 e. The minimum absolute atomic E-state index is 0.0730. The van der Waals surface area contributed by atoms with Crippen LogP contribution < -0.4 is 4.74 Å². The number of likely N-dealkylation sites (tertiary alicyclic amines) is 1. The Labute approximate surface area is 104 Å². The van der Waals surface area contributed by atoms with Crippen LogP contribution in [0.3, 0.4) is 0 Å². The lowest BCUT2D eigenvalue weighted by molar-refractivity contribution is 0.0529. The van der Waals surface area contributed by atoms with E-state index in [-0.39, 0.29) is 5.91 Å². The molecular weight excluding hydrogens is 270 g/mol. The minimum atomic E-state index is 0.0730. The van der Waals surface area contributed by atoms with Crippen molar-refractivity contribution in [3.63, 3.8) is 0 Å². The first kappa shape index (κ1) is 11.5. The molecule has 1 aliphatic rings. The molecule has 0 atom stereocenters. The number of halogens is 1. The van der Waals surface area contributed by atoms with Crippen molar-refractivity contribution >= 4 is 21.8 Å². The summed E-state index contributed by atoms with van der Waals surface area (Å²) in [7, 11) is 1.60. The fraction of sp³-hybridized carbons (Fsp3) is 0.417. The van der Waals surface area contributed by atoms with Crippen LogP contribution in [0.2, 0.25) is 0 Å². The maximum absolute atomic E-state index is 12.1. The van der Waals surface area contributed by atoms with E-state index >= 15 is 0 Å². The molecule has 1 saturated heterocycles. The Morgan fingerprint density at radius 3 is 2.75 bits per heavy atom. The van der Waals surface area contributed by atoms with Crippen molar-refractivity contribution in [3.8, 4) is 5.75 Å². The van der Waals surface area contributed by atoms with E-state index in [9.17, 15) is 4.79 Å². The largest absolute Gasteiger partial charge is 0.496 e. The van der Waals surface area contributed by atoms with Crippen LogP contribution >= 0.6 is 15.9 Å². The van der Waals surface area contributed by atoms with Crippen LogP contribution in [0.25, 0.3) is 0 Å². The van der Waals surface area contributed by atoms with Crippen molar-refractivity contribution in [1.82, 2.24) is 4.90 Å². The molecule has 1 fully saturated rings. The summed E-state index contributed by atoms with van der Waals surface area (Å²) in [5.74, 6) is 1.39. The zero-order chi connectivity index (χ0) is 11.7. The molecule has 0 radical (unpaired) electrons. The molecule has 86 valence electrons. The van der Waals surface area contributed by atoms with Crippen LogP contribution in [0.1, 0.15) is 17.3 Å². The lowest BCUT2D eigenvalue weighted by Gasteiger charge is -2.37. The summed E-state index contributed by atoms with van der Waals surface area (Å²) in [5, 5.41) is 0. The fourth-order valence-electron chi connectivity index (χ4n) is 1.87. The summed E-state index contributed by atoms with van der Waals surface area (Å²) >= 11 is 3.41. The number of carbonyl (C=O) groups excluding carboxylic acids is 1. The number of benzene rings is 1. The number of carbonyl (C=O) groups is 1. The molecule has 1 aromatic rings. The van der Waals surface area contributed by atoms with E-state index in [1.807, 2.05) is 23.1 Å². The third-order valence-electron chi connectivity index (χ3n) is 2.76. The number of rotatable bonds is 2. The molecule has 1 aromatic carbocycles. The Hall–Kier alpha value is -1.03. The predicted molar refractivity (Wildman–Crippen MR) is 65.8 cm³/mol. The van der Waals surface area contributed by atoms with Gasteiger partial charge in [0.1, 0.15) is 5.75 Å². The predicted octanol–water partition coefficient (Wildman–Crippen LogP) is 2.55. The summed E-state index contributed by atoms with van der Waals surface area (Å²) in [6.07, 6.45) is 0. The summed E-state index contributed by atoms with van der Waals surface area (Å²) < 4.78 is 5.91. The van der Waals surface area contributed by atoms with Gasteiger partial charge in [0, 0.05) is 13.1 Å². The first-order chi connectivity index (χ1) is 7.63. The number of methoxy groups -OCH3 is 1. The summed E-state index contributed by atoms with van der Waals surface area (Å²) in [4.78, 5) is 14.0. The van der Waals surface area contributed by atoms with Crippen molar-refractivity contribution in [2.24, 2.45) is 5.92 Å². The van der Waals surface area contributed by atoms with Crippen LogP contribution in [-0.2, 0) is 0 Å². The third kappa shape index (κ3) is 1.94. The Balaban J connectivity index is 2.23. The van der Waals surface area contributed by atoms with Gasteiger partial charge in [0.05, 0.1) is 17.1 Å². The molecule has 16 heavy (non-hydrogen) atoms. The Kier molecular flexibility index (Phi) is 3.19. The number of hydrogen-bond acceptors (Lipinski definition) is 2. The van der Waals surface area contributed by atoms with E-state index in [0.717, 1.165) is 17.6 Å². The summed E-state index contributed by atoms with van der Waals surface area (Å²) in [6.45, 7) is 3.84. The van der Waals surface area contributed by atoms with E-state index in [1.54, 1.807) is 7.11 Å². The average Bonchev–Trinajstić information content (AvgIpc) is 2.24. The molecule has 0 saturated carbocycles. The van der Waals surface area contributed by atoms with Gasteiger partial charge in [0.25, 0.3) is 5.91 Å². The van der Waals surface area contributed by atoms with Crippen LogP contribution in [0, 0.1) is 5.92 Å². The maximum Gasteiger partial charge on any atom is 0.255 e. The Morgan fingerprint density at radius 2 is 2.19 bits per heavy atom. The van der Waals surface area contributed by atoms with Crippen LogP contribution in [-0.4, -0.2) is 31.0 Å². The lowest BCUT2D eigenvalue weighted by atomic mass is 10.0. The van der Waals surface area contributed by atoms with Gasteiger partial charge in [-0.2, -0.15) is 0 Å². The van der Waals surface area contributed by atoms with Gasteiger partial charge >= 0.3 is 0 Å². The van der Waals surface area contributed by atoms with E-state index in [2.05, 4.69) is 22.9 Å². The fourth-order valence-corrected chi connectivity index (χ4v) is 2.46. The highest BCUT2D eigenvalue weighted by Gasteiger charge is 2.29. The van der Waals surface area contributed by atoms with Gasteiger partial charge in [0.2, 0.25) is 0 Å². The van der Waals surface area contributed by atoms with E-state index in [1.165, 1.54) is 0 Å². The van der Waals surface area contributed by atoms with Gasteiger partial charge in [-0.1, -0.05) is 13.0 Å². The molecule has 1 heterocycles. The normalized spacial score (nSPS) is 15.8. The van der Waals surface area contributed by atoms with E-state index < -0.39 is 0 Å². The number of amides is 1. The quantitative estimate of drug-likeness (QED) is 0.835. The highest BCUT2D eigenvalue weighted by molar-refractivity contribution is 9.10. The van der Waals surface area contributed by atoms with Gasteiger partial charge in [0.15, 0.2) is 0 Å². The SMILES string of the molecule is COc1cccc(C(=O)N2CC(C)C2)c1Br. The van der Waals surface area contributed by atoms with E-state index in [4.69, 9.17) is 4.74 Å². The van der Waals surface area contributed by atoms with Crippen LogP contribution in [0.15, 0.2) is 22.7 Å². The average molecular weight is 284 g/mol. The molecule has 4 heteroatoms. The maximum atomic E-state index is 12.1. The number of nitrogens with zero attached hydrogens (tertiary/aromatic N) is 1. The highest BCUT2D eigenvalue weighted by Crippen LogP contribution is 2.30. The van der Waals surface area contributed by atoms with Crippen molar-refractivity contribution in [1.29, 1.82) is 0 Å². The molecule has 2 rings (SSSR count). The molecule has 0 bridgehead atoms. The Bertz CT molecular complexity index is 413. The first-order valence-corrected chi connectivity index (χ1v) is 6.04. The summed E-state index contributed by atoms with van der Waals surface area (Å²) in [5.41, 5.74) is 0.672. The van der Waals surface area contributed by atoms with Crippen molar-refractivity contribution in [2.45, 2.75) is 6.92 Å². The smallest absolute Gasteiger partial charge is 0.255 e. The zero-order valence-corrected chi connectivity index (χ0v) is 11.0. The standard InChI is InChI=1S/C12H14BrNO2/c1-8-6-14(7-8)12(15)9-4-3-5-10(16-2)11(9)13/h3-5,8H,6-7H2,1-2H3. The molecule has 1 aliphatic heterocycles. The second-order valence-corrected chi connectivity index (χ2v) is 4.93. The Morgan fingerprint density at radius 1 is 1.50 bits per heavy atom. The molecular formula is C12H14BrNO2. The lowest BCUT2D eigenvalue weighted by Crippen LogP contribution is -2.48. The molecule has 0 spiro atoms. The van der Waals surface area contributed by atoms with Gasteiger partial charge in [-0.05, 0) is 34.0 Å². The van der Waals surface area contributed by atoms with Crippen molar-refractivity contribution in [2.75, 3.05) is 20.2 Å². The zero-order valence-electron chi connectivity index (χ0n) is 9.37. The molecule has 1 amide bonds. The highest BCUT2D eigenvalue weighted by atomic mass is 79.9. The number of hydrogen-bond donors (Lipinski definition) is 0. The molecule has 0 N–H and O–H groups in total. The van der Waals surface area contributed by atoms with Gasteiger partial charge in [-0.3, -0.25) is 4.79 Å². The van der Waals surface area contributed by atoms with Crippen molar-refractivity contribution < 1.29 is 9.53 Å². The second kappa shape index (κ2) is 4.45. The molecule has 0 aromatic heterocycles. The van der Waals surface area contributed by atoms with Crippen LogP contribution in [0.4, 0.5) is 0 Å². The van der Waals surface area contributed by atoms with Crippen molar-refractivity contribution in [3.05, 3.63) is 28.2 Å². The third-order valence-corrected chi connectivity index (χ3v) is 3.58. The molecule has 3 nitrogen and oxygen atoms in total. The van der Waals surface area contributed by atoms with E-state index in [0.29, 0.717) is 17.2 Å². The van der Waals surface area contributed by atoms with Gasteiger partial charge in [-0.25, -0.2) is 0 Å². The summed E-state index contributed by atoms with van der Waals surface area (Å²) in [6, 6.07) is 5.48.